The van der Waals surface area contributed by atoms with Crippen molar-refractivity contribution in [2.24, 2.45) is 71.0 Å². The predicted octanol–water partition coefficient (Wildman–Crippen LogP) is 12.1. The topological polar surface area (TPSA) is 138 Å². The Labute approximate surface area is 444 Å². The van der Waals surface area contributed by atoms with Crippen LogP contribution in [0.3, 0.4) is 0 Å². The summed E-state index contributed by atoms with van der Waals surface area (Å²) < 4.78 is 177. The molecule has 3 saturated carbocycles. The predicted molar refractivity (Wildman–Crippen MR) is 246 cm³/mol. The minimum Gasteiger partial charge on any atom is -0.346 e. The summed E-state index contributed by atoms with van der Waals surface area (Å²) in [5, 5.41) is 0. The summed E-state index contributed by atoms with van der Waals surface area (Å²) in [7, 11) is 1.04. The molecule has 0 amide bonds. The molecule has 3 unspecified atom stereocenters. The fourth-order valence-electron chi connectivity index (χ4n) is 17.0. The SMILES string of the molecule is CCO[C@@]1(C(F)(F)F)O[C@@H]2O[C@]3(C)CC[C@H]4[C@H](C)CC[C@@H]([C@H]1C)C24OO3.CCO[C@@]1(C(F)(F)F)O[C@@H]2O[C@]3(C)CC[C@H]4[C@H](C)CC[C@@H]([C@H]1C)C24OO3.CO[C@@]1(C(F)(F)F)O[C@@H]2O[C@]3(C)CC[C@H]4[C@H](C)CC[C@@H]([C@H]1C)C24OO3. The van der Waals surface area contributed by atoms with Gasteiger partial charge in [0.2, 0.25) is 17.4 Å². The van der Waals surface area contributed by atoms with Gasteiger partial charge in [-0.1, -0.05) is 41.5 Å². The van der Waals surface area contributed by atoms with Gasteiger partial charge in [-0.05, 0) is 128 Å². The number of ether oxygens (including phenoxy) is 9. The lowest BCUT2D eigenvalue weighted by Crippen LogP contribution is -2.76. The van der Waals surface area contributed by atoms with Crippen molar-refractivity contribution in [1.29, 1.82) is 0 Å². The van der Waals surface area contributed by atoms with E-state index in [-0.39, 0.29) is 31.0 Å². The van der Waals surface area contributed by atoms with Gasteiger partial charge in [-0.3, -0.25) is 0 Å². The fourth-order valence-corrected chi connectivity index (χ4v) is 17.0. The molecule has 77 heavy (non-hydrogen) atoms. The smallest absolute Gasteiger partial charge is 0.346 e. The average Bonchev–Trinajstić information content (AvgIpc) is 4.11. The minimum absolute atomic E-state index is 0.0193. The fraction of sp³-hybridized carbons (Fsp3) is 1.00. The first-order valence-corrected chi connectivity index (χ1v) is 28.0. The molecule has 24 atom stereocenters. The molecule has 15 fully saturated rings. The normalized spacial score (nSPS) is 54.4. The van der Waals surface area contributed by atoms with Gasteiger partial charge in [0.15, 0.2) is 35.7 Å². The molecule has 0 aromatic rings. The molecule has 444 valence electrons. The Kier molecular flexibility index (Phi) is 14.9. The molecule has 0 aromatic carbocycles. The summed E-state index contributed by atoms with van der Waals surface area (Å²) in [6, 6.07) is 0. The molecular weight excluding hydrogens is 1050 g/mol. The Balaban J connectivity index is 0.000000131. The highest BCUT2D eigenvalue weighted by Gasteiger charge is 2.81. The van der Waals surface area contributed by atoms with Gasteiger partial charge >= 0.3 is 18.5 Å². The van der Waals surface area contributed by atoms with Crippen molar-refractivity contribution in [2.45, 2.75) is 242 Å². The Bertz CT molecular complexity index is 2060. The molecule has 12 saturated heterocycles. The molecule has 12 heterocycles. The molecule has 12 aliphatic heterocycles. The number of methoxy groups -OCH3 is 1. The zero-order valence-corrected chi connectivity index (χ0v) is 46.1. The van der Waals surface area contributed by atoms with Crippen LogP contribution in [0.1, 0.15) is 153 Å². The highest BCUT2D eigenvalue weighted by molar-refractivity contribution is 5.16. The van der Waals surface area contributed by atoms with E-state index in [4.69, 9.17) is 72.0 Å². The third kappa shape index (κ3) is 8.43. The number of hydrogen-bond donors (Lipinski definition) is 0. The molecule has 6 bridgehead atoms. The molecule has 15 nitrogen and oxygen atoms in total. The van der Waals surface area contributed by atoms with Gasteiger partial charge in [0, 0.05) is 75.1 Å². The Morgan fingerprint density at radius 1 is 0.377 bits per heavy atom. The molecule has 3 aliphatic carbocycles. The molecule has 0 radical (unpaired) electrons. The van der Waals surface area contributed by atoms with Gasteiger partial charge in [0.25, 0.3) is 17.4 Å². The first-order chi connectivity index (χ1) is 35.8. The molecule has 24 heteroatoms. The summed E-state index contributed by atoms with van der Waals surface area (Å²) >= 11 is 0. The van der Waals surface area contributed by atoms with E-state index in [1.807, 2.05) is 0 Å². The van der Waals surface area contributed by atoms with Crippen LogP contribution in [-0.2, 0) is 72.0 Å². The number of fused-ring (bicyclic) bond motifs is 6. The Hall–Kier alpha value is -1.23. The lowest BCUT2D eigenvalue weighted by molar-refractivity contribution is -0.598. The molecule has 3 spiro atoms. The van der Waals surface area contributed by atoms with Crippen LogP contribution in [-0.4, -0.2) is 109 Å². The largest absolute Gasteiger partial charge is 0.443 e. The maximum Gasteiger partial charge on any atom is 0.443 e. The summed E-state index contributed by atoms with van der Waals surface area (Å²) in [6.45, 7) is 18.9. The van der Waals surface area contributed by atoms with Crippen LogP contribution >= 0.6 is 0 Å². The number of alkyl halides is 9. The third-order valence-electron chi connectivity index (χ3n) is 21.0. The zero-order chi connectivity index (χ0) is 56.2. The number of rotatable bonds is 5. The second-order valence-electron chi connectivity index (χ2n) is 25.0. The first-order valence-electron chi connectivity index (χ1n) is 28.0. The van der Waals surface area contributed by atoms with Crippen LogP contribution in [0, 0.1) is 71.0 Å². The van der Waals surface area contributed by atoms with Crippen LogP contribution in [0.25, 0.3) is 0 Å². The number of halogens is 9. The standard InChI is InChI=1S/2C18H27F3O5.C17H25F3O5/c2*1-5-22-17(18(19,20)21)11(3)13-7-6-10(2)12-8-9-15(4)23-14(24-17)16(12,13)26-25-15;1-9-5-6-12-10(2)16(21-4,17(18,19)20)23-13-15(12)11(9)7-8-14(3,22-13)24-25-15/h2*10-14H,5-9H2,1-4H3;9-13H,5-8H2,1-4H3/t2*10-,11-,12+,13+,14+,15+,16?,17-;9-,10-,11+,12+,13+,14+,15?,16-/m111/s1. The minimum atomic E-state index is -4.68. The monoisotopic (exact) mass is 1130 g/mol. The van der Waals surface area contributed by atoms with Crippen LogP contribution in [0.5, 0.6) is 0 Å². The van der Waals surface area contributed by atoms with E-state index >= 15 is 0 Å². The van der Waals surface area contributed by atoms with E-state index in [1.54, 1.807) is 48.5 Å². The molecule has 15 aliphatic rings. The van der Waals surface area contributed by atoms with Crippen LogP contribution < -0.4 is 0 Å². The lowest BCUT2D eigenvalue weighted by atomic mass is 9.57. The summed E-state index contributed by atoms with van der Waals surface area (Å²) in [4.78, 5) is 34.4. The third-order valence-corrected chi connectivity index (χ3v) is 21.0. The van der Waals surface area contributed by atoms with E-state index < -0.39 is 124 Å². The van der Waals surface area contributed by atoms with E-state index in [9.17, 15) is 39.5 Å². The Morgan fingerprint density at radius 3 is 0.909 bits per heavy atom. The van der Waals surface area contributed by atoms with Gasteiger partial charge in [-0.2, -0.15) is 39.5 Å². The van der Waals surface area contributed by atoms with Crippen molar-refractivity contribution in [3.63, 3.8) is 0 Å². The Morgan fingerprint density at radius 2 is 0.649 bits per heavy atom. The second kappa shape index (κ2) is 19.4. The van der Waals surface area contributed by atoms with E-state index in [1.165, 1.54) is 6.92 Å². The summed E-state index contributed by atoms with van der Waals surface area (Å²) in [5.41, 5.74) is -3.09. The van der Waals surface area contributed by atoms with E-state index in [0.717, 1.165) is 45.6 Å². The highest BCUT2D eigenvalue weighted by atomic mass is 19.4. The second-order valence-corrected chi connectivity index (χ2v) is 25.0. The van der Waals surface area contributed by atoms with E-state index in [0.29, 0.717) is 56.3 Å². The maximum absolute atomic E-state index is 14.2. The first kappa shape index (κ1) is 58.9. The average molecular weight is 1130 g/mol. The van der Waals surface area contributed by atoms with Gasteiger partial charge in [-0.15, -0.1) is 0 Å². The molecule has 15 rings (SSSR count). The van der Waals surface area contributed by atoms with Gasteiger partial charge < -0.3 is 42.6 Å². The maximum atomic E-state index is 14.2. The van der Waals surface area contributed by atoms with Crippen molar-refractivity contribution >= 4 is 0 Å². The quantitative estimate of drug-likeness (QED) is 0.190. The van der Waals surface area contributed by atoms with Gasteiger partial charge in [0.1, 0.15) is 0 Å². The van der Waals surface area contributed by atoms with Gasteiger partial charge in [0.05, 0.1) is 0 Å². The van der Waals surface area contributed by atoms with Crippen LogP contribution in [0.4, 0.5) is 39.5 Å². The highest BCUT2D eigenvalue weighted by Crippen LogP contribution is 2.68. The molecular formula is C53H79F9O15. The molecule has 0 N–H and O–H groups in total. The van der Waals surface area contributed by atoms with Crippen LogP contribution in [0.2, 0.25) is 0 Å². The van der Waals surface area contributed by atoms with E-state index in [2.05, 4.69) is 20.8 Å². The van der Waals surface area contributed by atoms with Gasteiger partial charge in [-0.25, -0.2) is 29.3 Å². The van der Waals surface area contributed by atoms with Crippen molar-refractivity contribution in [1.82, 2.24) is 0 Å². The van der Waals surface area contributed by atoms with Crippen molar-refractivity contribution in [3.8, 4) is 0 Å². The van der Waals surface area contributed by atoms with Crippen molar-refractivity contribution in [3.05, 3.63) is 0 Å². The zero-order valence-electron chi connectivity index (χ0n) is 46.1. The lowest BCUT2D eigenvalue weighted by Gasteiger charge is -2.62. The van der Waals surface area contributed by atoms with Crippen molar-refractivity contribution in [2.75, 3.05) is 20.3 Å². The van der Waals surface area contributed by atoms with Crippen molar-refractivity contribution < 1.29 is 111 Å². The number of hydrogen-bond acceptors (Lipinski definition) is 15. The summed E-state index contributed by atoms with van der Waals surface area (Å²) in [5.74, 6) is -14.6. The summed E-state index contributed by atoms with van der Waals surface area (Å²) in [6.07, 6.45) is -9.31. The van der Waals surface area contributed by atoms with Crippen LogP contribution in [0.15, 0.2) is 0 Å². The molecule has 0 aromatic heterocycles.